The molecular formula is C30H30ClN3O3. The van der Waals surface area contributed by atoms with Crippen LogP contribution in [0.5, 0.6) is 11.5 Å². The van der Waals surface area contributed by atoms with Crippen molar-refractivity contribution in [2.45, 2.75) is 39.8 Å². The summed E-state index contributed by atoms with van der Waals surface area (Å²) in [5.74, 6) is 1.22. The quantitative estimate of drug-likeness (QED) is 0.267. The summed E-state index contributed by atoms with van der Waals surface area (Å²) in [6.07, 6.45) is 0.954. The van der Waals surface area contributed by atoms with Gasteiger partial charge in [0.25, 0.3) is 5.91 Å². The molecule has 0 bridgehead atoms. The number of aromatic amines is 1. The first kappa shape index (κ1) is 24.9. The molecule has 0 fully saturated rings. The molecule has 37 heavy (non-hydrogen) atoms. The summed E-state index contributed by atoms with van der Waals surface area (Å²) in [7, 11) is 0. The first-order valence-corrected chi connectivity index (χ1v) is 12.9. The number of nitrogens with one attached hydrogen (secondary N) is 1. The molecule has 3 aromatic carbocycles. The second-order valence-corrected chi connectivity index (χ2v) is 10.3. The Bertz CT molecular complexity index is 1430. The lowest BCUT2D eigenvalue weighted by atomic mass is 9.95. The molecule has 1 aliphatic heterocycles. The number of amides is 1. The van der Waals surface area contributed by atoms with E-state index >= 15 is 0 Å². The van der Waals surface area contributed by atoms with Crippen LogP contribution in [-0.4, -0.2) is 32.7 Å². The number of ether oxygens (including phenoxy) is 1. The van der Waals surface area contributed by atoms with Crippen molar-refractivity contribution in [3.05, 3.63) is 99.7 Å². The number of fused-ring (bicyclic) bond motifs is 1. The number of aromatic hydroxyl groups is 1. The molecule has 0 aliphatic carbocycles. The number of carbonyl (C=O) groups excluding carboxylic acids is 1. The zero-order valence-corrected chi connectivity index (χ0v) is 21.9. The number of phenolic OH excluding ortho intramolecular Hbond substituents is 1. The molecule has 1 aromatic heterocycles. The maximum atomic E-state index is 13.7. The van der Waals surface area contributed by atoms with Gasteiger partial charge in [-0.1, -0.05) is 67.9 Å². The summed E-state index contributed by atoms with van der Waals surface area (Å²) in [5, 5.41) is 18.7. The molecule has 1 aliphatic rings. The number of benzene rings is 3. The Morgan fingerprint density at radius 3 is 2.65 bits per heavy atom. The molecule has 1 atom stereocenters. The molecule has 190 valence electrons. The molecule has 2 heterocycles. The van der Waals surface area contributed by atoms with Gasteiger partial charge in [-0.2, -0.15) is 5.10 Å². The predicted octanol–water partition coefficient (Wildman–Crippen LogP) is 6.91. The molecule has 6 nitrogen and oxygen atoms in total. The van der Waals surface area contributed by atoms with Crippen molar-refractivity contribution in [2.24, 2.45) is 5.92 Å². The Balaban J connectivity index is 1.61. The molecule has 1 unspecified atom stereocenters. The average molecular weight is 516 g/mol. The highest BCUT2D eigenvalue weighted by Gasteiger charge is 2.42. The van der Waals surface area contributed by atoms with Crippen LogP contribution >= 0.6 is 11.6 Å². The molecule has 7 heteroatoms. The third kappa shape index (κ3) is 4.94. The summed E-state index contributed by atoms with van der Waals surface area (Å²) in [5.41, 5.74) is 4.82. The van der Waals surface area contributed by atoms with Crippen molar-refractivity contribution >= 4 is 17.5 Å². The Kier molecular flexibility index (Phi) is 6.94. The lowest BCUT2D eigenvalue weighted by Crippen LogP contribution is -2.29. The van der Waals surface area contributed by atoms with E-state index in [1.165, 1.54) is 0 Å². The predicted molar refractivity (Wildman–Crippen MR) is 145 cm³/mol. The number of nitrogens with zero attached hydrogens (tertiary/aromatic N) is 2. The van der Waals surface area contributed by atoms with Gasteiger partial charge >= 0.3 is 0 Å². The number of hydrogen-bond donors (Lipinski definition) is 2. The Morgan fingerprint density at radius 2 is 1.89 bits per heavy atom. The zero-order valence-electron chi connectivity index (χ0n) is 21.2. The van der Waals surface area contributed by atoms with Gasteiger partial charge in [0.05, 0.1) is 12.6 Å². The maximum absolute atomic E-state index is 13.7. The maximum Gasteiger partial charge on any atom is 0.273 e. The minimum absolute atomic E-state index is 0.0645. The molecule has 5 rings (SSSR count). The fourth-order valence-electron chi connectivity index (χ4n) is 4.73. The van der Waals surface area contributed by atoms with Crippen LogP contribution in [0, 0.1) is 12.8 Å². The van der Waals surface area contributed by atoms with Crippen molar-refractivity contribution in [3.8, 4) is 22.8 Å². The van der Waals surface area contributed by atoms with Gasteiger partial charge in [0.15, 0.2) is 0 Å². The third-order valence-corrected chi connectivity index (χ3v) is 7.14. The van der Waals surface area contributed by atoms with Crippen LogP contribution in [0.3, 0.4) is 0 Å². The number of rotatable bonds is 8. The molecule has 0 saturated heterocycles. The van der Waals surface area contributed by atoms with Crippen LogP contribution in [-0.2, 0) is 6.54 Å². The van der Waals surface area contributed by atoms with E-state index in [0.717, 1.165) is 34.4 Å². The third-order valence-electron chi connectivity index (χ3n) is 6.73. The lowest BCUT2D eigenvalue weighted by Gasteiger charge is -2.27. The fraction of sp³-hybridized carbons (Fsp3) is 0.267. The fourth-order valence-corrected chi connectivity index (χ4v) is 4.90. The largest absolute Gasteiger partial charge is 0.507 e. The number of carbonyl (C=O) groups is 1. The average Bonchev–Trinajstić information content (AvgIpc) is 3.41. The van der Waals surface area contributed by atoms with Crippen molar-refractivity contribution in [2.75, 3.05) is 6.61 Å². The van der Waals surface area contributed by atoms with E-state index in [9.17, 15) is 9.90 Å². The van der Waals surface area contributed by atoms with E-state index in [-0.39, 0.29) is 11.7 Å². The van der Waals surface area contributed by atoms with Crippen molar-refractivity contribution in [1.29, 1.82) is 0 Å². The topological polar surface area (TPSA) is 78.5 Å². The van der Waals surface area contributed by atoms with Gasteiger partial charge in [0.1, 0.15) is 22.9 Å². The van der Waals surface area contributed by atoms with Gasteiger partial charge in [-0.3, -0.25) is 9.89 Å². The second-order valence-electron chi connectivity index (χ2n) is 9.90. The lowest BCUT2D eigenvalue weighted by molar-refractivity contribution is 0.0729. The normalized spacial score (nSPS) is 14.9. The van der Waals surface area contributed by atoms with E-state index < -0.39 is 6.04 Å². The van der Waals surface area contributed by atoms with Crippen molar-refractivity contribution in [1.82, 2.24) is 15.1 Å². The van der Waals surface area contributed by atoms with E-state index in [2.05, 4.69) is 24.0 Å². The van der Waals surface area contributed by atoms with Crippen LogP contribution in [0.25, 0.3) is 11.3 Å². The van der Waals surface area contributed by atoms with Gasteiger partial charge in [-0.15, -0.1) is 0 Å². The van der Waals surface area contributed by atoms with Crippen LogP contribution in [0.15, 0.2) is 66.7 Å². The van der Waals surface area contributed by atoms with Gasteiger partial charge in [0, 0.05) is 22.7 Å². The van der Waals surface area contributed by atoms with Crippen molar-refractivity contribution < 1.29 is 14.6 Å². The minimum Gasteiger partial charge on any atom is -0.507 e. The Morgan fingerprint density at radius 1 is 1.11 bits per heavy atom. The summed E-state index contributed by atoms with van der Waals surface area (Å²) >= 11 is 6.42. The zero-order chi connectivity index (χ0) is 26.1. The summed E-state index contributed by atoms with van der Waals surface area (Å²) in [6, 6.07) is 20.7. The smallest absolute Gasteiger partial charge is 0.273 e. The number of halogens is 1. The number of hydrogen-bond acceptors (Lipinski definition) is 4. The summed E-state index contributed by atoms with van der Waals surface area (Å²) in [6.45, 7) is 7.21. The van der Waals surface area contributed by atoms with Gasteiger partial charge in [-0.05, 0) is 60.2 Å². The second kappa shape index (κ2) is 10.3. The monoisotopic (exact) mass is 515 g/mol. The molecule has 0 radical (unpaired) electrons. The molecule has 2 N–H and O–H groups in total. The van der Waals surface area contributed by atoms with E-state index in [1.807, 2.05) is 66.4 Å². The van der Waals surface area contributed by atoms with Gasteiger partial charge in [0.2, 0.25) is 0 Å². The van der Waals surface area contributed by atoms with E-state index in [4.69, 9.17) is 16.3 Å². The molecular weight excluding hydrogens is 486 g/mol. The van der Waals surface area contributed by atoms with Crippen LogP contribution < -0.4 is 4.74 Å². The van der Waals surface area contributed by atoms with E-state index in [0.29, 0.717) is 41.0 Å². The van der Waals surface area contributed by atoms with Gasteiger partial charge < -0.3 is 14.7 Å². The minimum atomic E-state index is -0.426. The highest BCUT2D eigenvalue weighted by atomic mass is 35.5. The number of aromatic nitrogens is 2. The standard InChI is InChI=1S/C30H30ClN3O3/c1-18(2)12-13-37-22-11-7-10-21(15-22)29-26-27(23-16-24(31)19(3)14-25(23)35)32-33-28(26)30(36)34(29)17-20-8-5-4-6-9-20/h4-11,14-16,18,29,35H,12-13,17H2,1-3H3,(H,32,33). The first-order valence-electron chi connectivity index (χ1n) is 12.5. The van der Waals surface area contributed by atoms with Crippen LogP contribution in [0.2, 0.25) is 5.02 Å². The molecule has 1 amide bonds. The number of H-pyrrole nitrogens is 1. The highest BCUT2D eigenvalue weighted by Crippen LogP contribution is 2.46. The SMILES string of the molecule is Cc1cc(O)c(-c2n[nH]c3c2C(c2cccc(OCCC(C)C)c2)N(Cc2ccccc2)C3=O)cc1Cl. The van der Waals surface area contributed by atoms with Crippen molar-refractivity contribution in [3.63, 3.8) is 0 Å². The number of aryl methyl sites for hydroxylation is 1. The van der Waals surface area contributed by atoms with Gasteiger partial charge in [-0.25, -0.2) is 0 Å². The summed E-state index contributed by atoms with van der Waals surface area (Å²) in [4.78, 5) is 15.5. The summed E-state index contributed by atoms with van der Waals surface area (Å²) < 4.78 is 6.05. The molecule has 0 spiro atoms. The Labute approximate surface area is 221 Å². The molecule has 4 aromatic rings. The van der Waals surface area contributed by atoms with Crippen LogP contribution in [0.4, 0.5) is 0 Å². The Hall–Kier alpha value is -3.77. The van der Waals surface area contributed by atoms with Crippen LogP contribution in [0.1, 0.15) is 59.1 Å². The molecule has 0 saturated carbocycles. The first-order chi connectivity index (χ1) is 17.8. The highest BCUT2D eigenvalue weighted by molar-refractivity contribution is 6.31. The van der Waals surface area contributed by atoms with E-state index in [1.54, 1.807) is 12.1 Å². The number of phenols is 1.